The quantitative estimate of drug-likeness (QED) is 0.190. The molecule has 2 aliphatic rings. The number of nitrogens with one attached hydrogen (secondary N) is 1. The second-order valence-electron chi connectivity index (χ2n) is 11.9. The maximum absolute atomic E-state index is 14.2. The number of pyridine rings is 1. The summed E-state index contributed by atoms with van der Waals surface area (Å²) in [5.41, 5.74) is 3.13. The lowest BCUT2D eigenvalue weighted by Gasteiger charge is -2.27. The largest absolute Gasteiger partial charge is 0.325 e. The molecule has 7 rings (SSSR count). The van der Waals surface area contributed by atoms with E-state index in [1.54, 1.807) is 28.2 Å². The molecule has 5 heterocycles. The van der Waals surface area contributed by atoms with Crippen molar-refractivity contribution >= 4 is 50.2 Å². The zero-order chi connectivity index (χ0) is 31.5. The molecule has 1 saturated carbocycles. The number of benzene rings is 1. The van der Waals surface area contributed by atoms with E-state index in [4.69, 9.17) is 0 Å². The van der Waals surface area contributed by atoms with Crippen molar-refractivity contribution in [3.05, 3.63) is 82.9 Å². The van der Waals surface area contributed by atoms with Crippen molar-refractivity contribution in [2.24, 2.45) is 5.41 Å². The Morgan fingerprint density at radius 3 is 2.60 bits per heavy atom. The summed E-state index contributed by atoms with van der Waals surface area (Å²) in [5.74, 6) is 0.372. The first-order chi connectivity index (χ1) is 21.6. The first-order valence-corrected chi connectivity index (χ1v) is 15.4. The molecule has 5 aromatic rings. The lowest BCUT2D eigenvalue weighted by Crippen LogP contribution is -2.47. The molecule has 2 amide bonds. The van der Waals surface area contributed by atoms with Crippen molar-refractivity contribution in [1.82, 2.24) is 39.4 Å². The Balaban J connectivity index is 1.20. The fraction of sp³-hybridized carbons (Fsp3) is 0.312. The normalized spacial score (nSPS) is 20.3. The molecule has 2 fully saturated rings. The lowest BCUT2D eigenvalue weighted by atomic mass is 9.99. The molecule has 12 nitrogen and oxygen atoms in total. The highest BCUT2D eigenvalue weighted by molar-refractivity contribution is 9.10. The van der Waals surface area contributed by atoms with Crippen molar-refractivity contribution in [3.63, 3.8) is 0 Å². The first kappa shape index (κ1) is 29.0. The van der Waals surface area contributed by atoms with Gasteiger partial charge in [0.05, 0.1) is 5.52 Å². The van der Waals surface area contributed by atoms with Crippen molar-refractivity contribution in [2.45, 2.75) is 58.8 Å². The molecule has 0 unspecified atom stereocenters. The standard InChI is InChI=1S/C32H30BrN9O3/c1-18-5-8-27(33)37-30(18)38-31(45)25-12-32(17-40-10-4-9-36-40)13-26(32)42(25)28(44)16-41-24-7-6-21(22-14-34-20(3)35-15-22)11-23(24)29(39-41)19(2)43/h4-11,14-15,25-26H,12-13,16-17H2,1-3H3,(H,37,38,45)/t25-,26+,32-/m0/s1. The fourth-order valence-electron chi connectivity index (χ4n) is 6.48. The third kappa shape index (κ3) is 5.30. The maximum Gasteiger partial charge on any atom is 0.248 e. The SMILES string of the molecule is CC(=O)c1nn(CC(=O)N2[C@H](C(=O)Nc3nc(Br)ccc3C)C[C@@]3(Cn4cccn4)C[C@@H]23)c2ccc(-c3cnc(C)nc3)cc12. The predicted molar refractivity (Wildman–Crippen MR) is 169 cm³/mol. The average Bonchev–Trinajstić information content (AvgIpc) is 3.34. The molecule has 1 N–H and O–H groups in total. The third-order valence-corrected chi connectivity index (χ3v) is 9.27. The molecule has 0 spiro atoms. The number of aryl methyl sites for hydroxylation is 2. The number of likely N-dealkylation sites (tertiary alicyclic amines) is 1. The van der Waals surface area contributed by atoms with Crippen LogP contribution in [0.3, 0.4) is 0 Å². The number of Topliss-reactive ketones (excluding diaryl/α,β-unsaturated/α-hetero) is 1. The number of hydrogen-bond acceptors (Lipinski definition) is 8. The summed E-state index contributed by atoms with van der Waals surface area (Å²) in [4.78, 5) is 55.3. The number of ketones is 1. The highest BCUT2D eigenvalue weighted by Crippen LogP contribution is 2.60. The van der Waals surface area contributed by atoms with Gasteiger partial charge in [-0.25, -0.2) is 15.0 Å². The highest BCUT2D eigenvalue weighted by Gasteiger charge is 2.67. The van der Waals surface area contributed by atoms with Gasteiger partial charge in [-0.3, -0.25) is 23.7 Å². The van der Waals surface area contributed by atoms with Crippen LogP contribution in [0.4, 0.5) is 5.82 Å². The van der Waals surface area contributed by atoms with Gasteiger partial charge in [-0.2, -0.15) is 10.2 Å². The number of halogens is 1. The van der Waals surface area contributed by atoms with E-state index < -0.39 is 6.04 Å². The second-order valence-corrected chi connectivity index (χ2v) is 12.7. The molecular formula is C32H30BrN9O3. The number of anilines is 1. The number of fused-ring (bicyclic) bond motifs is 2. The van der Waals surface area contributed by atoms with Crippen LogP contribution in [0.15, 0.2) is 65.8 Å². The van der Waals surface area contributed by atoms with Gasteiger partial charge in [0.1, 0.15) is 34.5 Å². The van der Waals surface area contributed by atoms with Crippen LogP contribution in [0.5, 0.6) is 0 Å². The number of carbonyl (C=O) groups excluding carboxylic acids is 3. The number of nitrogens with zero attached hydrogens (tertiary/aromatic N) is 8. The van der Waals surface area contributed by atoms with Gasteiger partial charge in [0.15, 0.2) is 5.78 Å². The predicted octanol–water partition coefficient (Wildman–Crippen LogP) is 4.37. The number of rotatable bonds is 8. The second kappa shape index (κ2) is 11.0. The zero-order valence-corrected chi connectivity index (χ0v) is 26.5. The Morgan fingerprint density at radius 2 is 1.87 bits per heavy atom. The minimum absolute atomic E-state index is 0.122. The third-order valence-electron chi connectivity index (χ3n) is 8.83. The van der Waals surface area contributed by atoms with Crippen LogP contribution in [0.2, 0.25) is 0 Å². The van der Waals surface area contributed by atoms with Crippen molar-refractivity contribution in [3.8, 4) is 11.1 Å². The number of carbonyl (C=O) groups is 3. The number of aromatic nitrogens is 7. The summed E-state index contributed by atoms with van der Waals surface area (Å²) >= 11 is 3.38. The van der Waals surface area contributed by atoms with Crippen LogP contribution >= 0.6 is 15.9 Å². The summed E-state index contributed by atoms with van der Waals surface area (Å²) in [6, 6.07) is 10.4. The van der Waals surface area contributed by atoms with Gasteiger partial charge in [-0.1, -0.05) is 12.1 Å². The van der Waals surface area contributed by atoms with Gasteiger partial charge in [-0.05, 0) is 78.0 Å². The molecule has 3 atom stereocenters. The Hall–Kier alpha value is -4.78. The minimum atomic E-state index is -0.700. The molecule has 13 heteroatoms. The van der Waals surface area contributed by atoms with E-state index in [2.05, 4.69) is 46.4 Å². The van der Waals surface area contributed by atoms with Crippen LogP contribution in [-0.4, -0.2) is 69.1 Å². The average molecular weight is 669 g/mol. The molecule has 4 aromatic heterocycles. The summed E-state index contributed by atoms with van der Waals surface area (Å²) in [6.07, 6.45) is 8.37. The highest BCUT2D eigenvalue weighted by atomic mass is 79.9. The fourth-order valence-corrected chi connectivity index (χ4v) is 6.79. The van der Waals surface area contributed by atoms with Crippen LogP contribution < -0.4 is 5.32 Å². The van der Waals surface area contributed by atoms with Crippen LogP contribution in [-0.2, 0) is 22.7 Å². The topological polar surface area (TPSA) is 141 Å². The van der Waals surface area contributed by atoms with Crippen LogP contribution in [0.25, 0.3) is 22.0 Å². The van der Waals surface area contributed by atoms with Gasteiger partial charge in [0, 0.05) is 60.7 Å². The summed E-state index contributed by atoms with van der Waals surface area (Å²) in [7, 11) is 0. The van der Waals surface area contributed by atoms with Crippen molar-refractivity contribution < 1.29 is 14.4 Å². The van der Waals surface area contributed by atoms with Gasteiger partial charge in [0.25, 0.3) is 0 Å². The van der Waals surface area contributed by atoms with Crippen LogP contribution in [0.1, 0.15) is 41.6 Å². The summed E-state index contributed by atoms with van der Waals surface area (Å²) in [5, 5.41) is 12.6. The molecule has 0 bridgehead atoms. The number of amides is 2. The molecule has 0 radical (unpaired) electrons. The molecular weight excluding hydrogens is 638 g/mol. The van der Waals surface area contributed by atoms with Crippen molar-refractivity contribution in [2.75, 3.05) is 5.32 Å². The van der Waals surface area contributed by atoms with Gasteiger partial charge < -0.3 is 10.2 Å². The Labute approximate surface area is 267 Å². The Bertz CT molecular complexity index is 1970. The first-order valence-electron chi connectivity index (χ1n) is 14.6. The van der Waals surface area contributed by atoms with Crippen molar-refractivity contribution in [1.29, 1.82) is 0 Å². The van der Waals surface area contributed by atoms with E-state index in [1.807, 2.05) is 61.1 Å². The molecule has 1 aliphatic carbocycles. The minimum Gasteiger partial charge on any atom is -0.325 e. The molecule has 45 heavy (non-hydrogen) atoms. The van der Waals surface area contributed by atoms with Gasteiger partial charge in [-0.15, -0.1) is 0 Å². The molecule has 1 aliphatic heterocycles. The summed E-state index contributed by atoms with van der Waals surface area (Å²) in [6.45, 7) is 5.64. The summed E-state index contributed by atoms with van der Waals surface area (Å²) < 4.78 is 4.03. The van der Waals surface area contributed by atoms with E-state index in [0.29, 0.717) is 40.1 Å². The molecule has 228 valence electrons. The monoisotopic (exact) mass is 667 g/mol. The van der Waals surface area contributed by atoms with E-state index in [1.165, 1.54) is 6.92 Å². The Kier molecular flexibility index (Phi) is 7.07. The van der Waals surface area contributed by atoms with Crippen LogP contribution in [0, 0.1) is 19.3 Å². The van der Waals surface area contributed by atoms with E-state index in [9.17, 15) is 14.4 Å². The lowest BCUT2D eigenvalue weighted by molar-refractivity contribution is -0.138. The van der Waals surface area contributed by atoms with E-state index in [0.717, 1.165) is 23.1 Å². The van der Waals surface area contributed by atoms with Gasteiger partial charge in [0.2, 0.25) is 11.8 Å². The smallest absolute Gasteiger partial charge is 0.248 e. The van der Waals surface area contributed by atoms with E-state index in [-0.39, 0.29) is 41.3 Å². The van der Waals surface area contributed by atoms with Gasteiger partial charge >= 0.3 is 0 Å². The number of hydrogen-bond donors (Lipinski definition) is 1. The Morgan fingerprint density at radius 1 is 1.07 bits per heavy atom. The van der Waals surface area contributed by atoms with E-state index >= 15 is 0 Å². The molecule has 1 saturated heterocycles. The zero-order valence-electron chi connectivity index (χ0n) is 24.9. The maximum atomic E-state index is 14.2. The number of piperidine rings is 1. The molecule has 1 aromatic carbocycles.